The van der Waals surface area contributed by atoms with E-state index in [-0.39, 0.29) is 17.9 Å². The molecule has 8 nitrogen and oxygen atoms in total. The van der Waals surface area contributed by atoms with Gasteiger partial charge >= 0.3 is 5.97 Å². The van der Waals surface area contributed by atoms with E-state index in [9.17, 15) is 19.5 Å². The highest BCUT2D eigenvalue weighted by atomic mass is 16.4. The van der Waals surface area contributed by atoms with Crippen molar-refractivity contribution in [3.05, 3.63) is 77.0 Å². The first-order valence-electron chi connectivity index (χ1n) is 10.9. The standard InChI is InChI=1S/C25H26N4O4/c1-3-15(2)22(29-14-27-20-11-7-5-9-18(20)24(29)31)23(30)28-21(25(32)33)12-16-13-26-19-10-6-4-8-17(16)19/h4-11,13-15,21-22,26H,3,12H2,1-2H3,(H,28,30)(H,32,33). The van der Waals surface area contributed by atoms with E-state index in [1.807, 2.05) is 38.1 Å². The number of carboxylic acids is 1. The lowest BCUT2D eigenvalue weighted by Gasteiger charge is -2.26. The molecule has 33 heavy (non-hydrogen) atoms. The normalized spacial score (nSPS) is 14.1. The van der Waals surface area contributed by atoms with Crippen LogP contribution >= 0.6 is 0 Å². The number of benzene rings is 2. The molecule has 2 heterocycles. The van der Waals surface area contributed by atoms with Gasteiger partial charge in [0.25, 0.3) is 5.56 Å². The van der Waals surface area contributed by atoms with Crippen molar-refractivity contribution in [3.8, 4) is 0 Å². The molecule has 0 saturated carbocycles. The van der Waals surface area contributed by atoms with Crippen LogP contribution in [0, 0.1) is 5.92 Å². The number of aromatic amines is 1. The zero-order chi connectivity index (χ0) is 23.5. The number of carbonyl (C=O) groups excluding carboxylic acids is 1. The van der Waals surface area contributed by atoms with Crippen LogP contribution in [-0.4, -0.2) is 37.6 Å². The van der Waals surface area contributed by atoms with Crippen LogP contribution in [0.15, 0.2) is 65.8 Å². The summed E-state index contributed by atoms with van der Waals surface area (Å²) in [5, 5.41) is 13.8. The van der Waals surface area contributed by atoms with Crippen LogP contribution in [0.5, 0.6) is 0 Å². The first kappa shape index (κ1) is 22.3. The van der Waals surface area contributed by atoms with Gasteiger partial charge in [-0.25, -0.2) is 9.78 Å². The number of rotatable bonds is 8. The van der Waals surface area contributed by atoms with Gasteiger partial charge in [-0.15, -0.1) is 0 Å². The Hall–Kier alpha value is -3.94. The molecule has 0 radical (unpaired) electrons. The summed E-state index contributed by atoms with van der Waals surface area (Å²) in [6.07, 6.45) is 3.87. The summed E-state index contributed by atoms with van der Waals surface area (Å²) in [5.74, 6) is -1.87. The van der Waals surface area contributed by atoms with Gasteiger partial charge in [-0.3, -0.25) is 14.2 Å². The fraction of sp³-hybridized carbons (Fsp3) is 0.280. The maximum absolute atomic E-state index is 13.4. The van der Waals surface area contributed by atoms with Crippen molar-refractivity contribution in [1.29, 1.82) is 0 Å². The molecule has 2 aromatic carbocycles. The predicted molar refractivity (Wildman–Crippen MR) is 126 cm³/mol. The first-order valence-corrected chi connectivity index (χ1v) is 10.9. The van der Waals surface area contributed by atoms with Crippen LogP contribution in [0.25, 0.3) is 21.8 Å². The molecule has 0 aliphatic carbocycles. The van der Waals surface area contributed by atoms with Crippen LogP contribution in [0.3, 0.4) is 0 Å². The van der Waals surface area contributed by atoms with E-state index in [1.165, 1.54) is 10.9 Å². The third-order valence-corrected chi connectivity index (χ3v) is 6.15. The van der Waals surface area contributed by atoms with Crippen LogP contribution in [0.1, 0.15) is 31.9 Å². The van der Waals surface area contributed by atoms with Gasteiger partial charge in [-0.1, -0.05) is 50.6 Å². The molecular formula is C25H26N4O4. The summed E-state index contributed by atoms with van der Waals surface area (Å²) in [6.45, 7) is 3.78. The van der Waals surface area contributed by atoms with Gasteiger partial charge in [0.05, 0.1) is 17.2 Å². The van der Waals surface area contributed by atoms with Crippen molar-refractivity contribution in [2.45, 2.75) is 38.8 Å². The molecule has 2 aromatic heterocycles. The second-order valence-corrected chi connectivity index (χ2v) is 8.27. The fourth-order valence-electron chi connectivity index (χ4n) is 4.14. The van der Waals surface area contributed by atoms with Crippen LogP contribution in [-0.2, 0) is 16.0 Å². The molecular weight excluding hydrogens is 420 g/mol. The Morgan fingerprint density at radius 3 is 2.55 bits per heavy atom. The van der Waals surface area contributed by atoms with Gasteiger partial charge in [-0.05, 0) is 29.7 Å². The van der Waals surface area contributed by atoms with Crippen molar-refractivity contribution < 1.29 is 14.7 Å². The minimum atomic E-state index is -1.15. The average molecular weight is 447 g/mol. The molecule has 3 unspecified atom stereocenters. The number of fused-ring (bicyclic) bond motifs is 2. The maximum atomic E-state index is 13.4. The van der Waals surface area contributed by atoms with Crippen molar-refractivity contribution in [2.75, 3.05) is 0 Å². The van der Waals surface area contributed by atoms with Crippen molar-refractivity contribution >= 4 is 33.7 Å². The SMILES string of the molecule is CCC(C)C(C(=O)NC(Cc1c[nH]c2ccccc12)C(=O)O)n1cnc2ccccc2c1=O. The third-order valence-electron chi connectivity index (χ3n) is 6.15. The van der Waals surface area contributed by atoms with E-state index in [1.54, 1.807) is 30.5 Å². The van der Waals surface area contributed by atoms with Gasteiger partial charge in [-0.2, -0.15) is 0 Å². The monoisotopic (exact) mass is 446 g/mol. The number of hydrogen-bond donors (Lipinski definition) is 3. The molecule has 170 valence electrons. The Morgan fingerprint density at radius 1 is 1.12 bits per heavy atom. The molecule has 0 fully saturated rings. The minimum Gasteiger partial charge on any atom is -0.480 e. The van der Waals surface area contributed by atoms with Gasteiger partial charge in [0.15, 0.2) is 0 Å². The van der Waals surface area contributed by atoms with Gasteiger partial charge in [0, 0.05) is 23.5 Å². The summed E-state index contributed by atoms with van der Waals surface area (Å²) in [4.78, 5) is 46.0. The van der Waals surface area contributed by atoms with Crippen LogP contribution in [0.4, 0.5) is 0 Å². The number of nitrogens with zero attached hydrogens (tertiary/aromatic N) is 2. The van der Waals surface area contributed by atoms with E-state index < -0.39 is 24.0 Å². The van der Waals surface area contributed by atoms with E-state index in [4.69, 9.17) is 0 Å². The number of H-pyrrole nitrogens is 1. The number of hydrogen-bond acceptors (Lipinski definition) is 4. The highest BCUT2D eigenvalue weighted by Crippen LogP contribution is 2.23. The highest BCUT2D eigenvalue weighted by molar-refractivity contribution is 5.88. The highest BCUT2D eigenvalue weighted by Gasteiger charge is 2.31. The summed E-state index contributed by atoms with van der Waals surface area (Å²) in [5.41, 5.74) is 1.91. The summed E-state index contributed by atoms with van der Waals surface area (Å²) < 4.78 is 1.32. The topological polar surface area (TPSA) is 117 Å². The maximum Gasteiger partial charge on any atom is 0.326 e. The smallest absolute Gasteiger partial charge is 0.326 e. The van der Waals surface area contributed by atoms with Crippen molar-refractivity contribution in [1.82, 2.24) is 19.9 Å². The van der Waals surface area contributed by atoms with Crippen molar-refractivity contribution in [2.24, 2.45) is 5.92 Å². The number of para-hydroxylation sites is 2. The molecule has 0 saturated heterocycles. The molecule has 0 bridgehead atoms. The molecule has 4 aromatic rings. The zero-order valence-corrected chi connectivity index (χ0v) is 18.5. The van der Waals surface area contributed by atoms with Crippen molar-refractivity contribution in [3.63, 3.8) is 0 Å². The van der Waals surface area contributed by atoms with E-state index in [0.717, 1.165) is 16.5 Å². The number of carboxylic acid groups (broad SMARTS) is 1. The third kappa shape index (κ3) is 4.37. The van der Waals surface area contributed by atoms with Gasteiger partial charge in [0.2, 0.25) is 5.91 Å². The van der Waals surface area contributed by atoms with Gasteiger partial charge < -0.3 is 15.4 Å². The first-order chi connectivity index (χ1) is 15.9. The fourth-order valence-corrected chi connectivity index (χ4v) is 4.14. The number of aromatic nitrogens is 3. The minimum absolute atomic E-state index is 0.114. The number of amides is 1. The quantitative estimate of drug-likeness (QED) is 0.384. The zero-order valence-electron chi connectivity index (χ0n) is 18.5. The lowest BCUT2D eigenvalue weighted by molar-refractivity contribution is -0.142. The summed E-state index contributed by atoms with van der Waals surface area (Å²) >= 11 is 0. The lowest BCUT2D eigenvalue weighted by atomic mass is 9.97. The number of carbonyl (C=O) groups is 2. The number of nitrogens with one attached hydrogen (secondary N) is 2. The molecule has 0 aliphatic heterocycles. The molecule has 3 N–H and O–H groups in total. The van der Waals surface area contributed by atoms with E-state index in [0.29, 0.717) is 17.3 Å². The molecule has 3 atom stereocenters. The average Bonchev–Trinajstić information content (AvgIpc) is 3.23. The molecule has 4 rings (SSSR count). The molecule has 8 heteroatoms. The van der Waals surface area contributed by atoms with E-state index in [2.05, 4.69) is 15.3 Å². The molecule has 0 aliphatic rings. The Morgan fingerprint density at radius 2 is 1.82 bits per heavy atom. The predicted octanol–water partition coefficient (Wildman–Crippen LogP) is 3.28. The van der Waals surface area contributed by atoms with Crippen LogP contribution < -0.4 is 10.9 Å². The Bertz CT molecular complexity index is 1370. The second-order valence-electron chi connectivity index (χ2n) is 8.27. The Labute approximate surface area is 190 Å². The van der Waals surface area contributed by atoms with E-state index >= 15 is 0 Å². The Balaban J connectivity index is 1.65. The van der Waals surface area contributed by atoms with Gasteiger partial charge in [0.1, 0.15) is 12.1 Å². The molecule has 0 spiro atoms. The number of aliphatic carboxylic acids is 1. The lowest BCUT2D eigenvalue weighted by Crippen LogP contribution is -2.48. The summed E-state index contributed by atoms with van der Waals surface area (Å²) in [6, 6.07) is 12.5. The van der Waals surface area contributed by atoms with Crippen LogP contribution in [0.2, 0.25) is 0 Å². The summed E-state index contributed by atoms with van der Waals surface area (Å²) in [7, 11) is 0. The second kappa shape index (κ2) is 9.28. The molecule has 1 amide bonds. The Kier molecular flexibility index (Phi) is 6.26. The largest absolute Gasteiger partial charge is 0.480 e.